The van der Waals surface area contributed by atoms with Gasteiger partial charge in [0.15, 0.2) is 6.61 Å². The van der Waals surface area contributed by atoms with Gasteiger partial charge < -0.3 is 9.26 Å². The molecule has 8 heteroatoms. The fourth-order valence-corrected chi connectivity index (χ4v) is 2.69. The molecule has 0 aliphatic carbocycles. The van der Waals surface area contributed by atoms with Gasteiger partial charge in [-0.15, -0.1) is 0 Å². The molecule has 122 valence electrons. The number of carbonyl (C=O) groups excluding carboxylic acids is 1. The molecule has 0 spiro atoms. The second-order valence-electron chi connectivity index (χ2n) is 4.69. The minimum absolute atomic E-state index is 0.0930. The second kappa shape index (κ2) is 7.21. The highest BCUT2D eigenvalue weighted by Gasteiger charge is 2.17. The normalized spacial score (nSPS) is 10.6. The van der Waals surface area contributed by atoms with Gasteiger partial charge in [0.1, 0.15) is 0 Å². The van der Waals surface area contributed by atoms with Crippen molar-refractivity contribution in [2.24, 2.45) is 0 Å². The Morgan fingerprint density at radius 1 is 1.08 bits per heavy atom. The fourth-order valence-electron chi connectivity index (χ4n) is 1.95. The molecule has 0 saturated carbocycles. The summed E-state index contributed by atoms with van der Waals surface area (Å²) < 4.78 is 10.2. The number of rotatable bonds is 4. The molecule has 0 bridgehead atoms. The standard InChI is InChI=1S/C16H9Cl3N2O3/c17-10-4-1-3-9(7-10)15-20-13(24-21-15)8-23-16(22)14-11(18)5-2-6-12(14)19/h1-7H,8H2. The van der Waals surface area contributed by atoms with E-state index in [9.17, 15) is 4.79 Å². The molecule has 3 aromatic rings. The summed E-state index contributed by atoms with van der Waals surface area (Å²) in [5, 5.41) is 4.79. The SMILES string of the molecule is O=C(OCc1nc(-c2cccc(Cl)c2)no1)c1c(Cl)cccc1Cl. The Hall–Kier alpha value is -2.08. The maximum absolute atomic E-state index is 12.1. The molecule has 0 aliphatic rings. The van der Waals surface area contributed by atoms with Crippen molar-refractivity contribution >= 4 is 40.8 Å². The van der Waals surface area contributed by atoms with E-state index in [1.54, 1.807) is 42.5 Å². The third kappa shape index (κ3) is 3.70. The topological polar surface area (TPSA) is 65.2 Å². The summed E-state index contributed by atoms with van der Waals surface area (Å²) in [5.41, 5.74) is 0.786. The molecule has 0 saturated heterocycles. The molecule has 0 N–H and O–H groups in total. The molecular weight excluding hydrogens is 375 g/mol. The van der Waals surface area contributed by atoms with Crippen molar-refractivity contribution in [2.75, 3.05) is 0 Å². The Balaban J connectivity index is 1.71. The van der Waals surface area contributed by atoms with Gasteiger partial charge in [0.25, 0.3) is 5.89 Å². The maximum atomic E-state index is 12.1. The van der Waals surface area contributed by atoms with E-state index < -0.39 is 5.97 Å². The van der Waals surface area contributed by atoms with Crippen LogP contribution in [0.5, 0.6) is 0 Å². The lowest BCUT2D eigenvalue weighted by Gasteiger charge is -2.05. The molecule has 0 atom stereocenters. The Kier molecular flexibility index (Phi) is 5.04. The van der Waals surface area contributed by atoms with E-state index in [4.69, 9.17) is 44.1 Å². The van der Waals surface area contributed by atoms with Gasteiger partial charge in [-0.1, -0.05) is 58.2 Å². The van der Waals surface area contributed by atoms with Gasteiger partial charge in [-0.2, -0.15) is 4.98 Å². The first-order chi connectivity index (χ1) is 11.5. The molecule has 3 rings (SSSR count). The number of esters is 1. The summed E-state index contributed by atoms with van der Waals surface area (Å²) in [5.74, 6) is -0.186. The first-order valence-corrected chi connectivity index (χ1v) is 7.87. The smallest absolute Gasteiger partial charge is 0.341 e. The molecule has 0 amide bonds. The average molecular weight is 384 g/mol. The van der Waals surface area contributed by atoms with Crippen LogP contribution in [0.4, 0.5) is 0 Å². The maximum Gasteiger partial charge on any atom is 0.341 e. The molecule has 0 fully saturated rings. The largest absolute Gasteiger partial charge is 0.452 e. The van der Waals surface area contributed by atoms with Gasteiger partial charge in [0.05, 0.1) is 15.6 Å². The van der Waals surface area contributed by atoms with Gasteiger partial charge in [0.2, 0.25) is 5.82 Å². The first kappa shape index (κ1) is 16.8. The van der Waals surface area contributed by atoms with Crippen LogP contribution in [0.15, 0.2) is 47.0 Å². The Bertz CT molecular complexity index is 876. The molecule has 1 heterocycles. The zero-order valence-electron chi connectivity index (χ0n) is 12.0. The molecule has 1 aromatic heterocycles. The summed E-state index contributed by atoms with van der Waals surface area (Å²) in [6.45, 7) is -0.200. The van der Waals surface area contributed by atoms with Crippen LogP contribution in [0.1, 0.15) is 16.2 Å². The van der Waals surface area contributed by atoms with Crippen molar-refractivity contribution in [1.29, 1.82) is 0 Å². The molecule has 0 radical (unpaired) electrons. The van der Waals surface area contributed by atoms with Crippen LogP contribution in [0.3, 0.4) is 0 Å². The monoisotopic (exact) mass is 382 g/mol. The van der Waals surface area contributed by atoms with E-state index in [1.807, 2.05) is 0 Å². The fraction of sp³-hybridized carbons (Fsp3) is 0.0625. The average Bonchev–Trinajstić information content (AvgIpc) is 3.02. The highest BCUT2D eigenvalue weighted by Crippen LogP contribution is 2.25. The van der Waals surface area contributed by atoms with Crippen molar-refractivity contribution in [3.63, 3.8) is 0 Å². The minimum Gasteiger partial charge on any atom is -0.452 e. The lowest BCUT2D eigenvalue weighted by Crippen LogP contribution is -2.07. The Morgan fingerprint density at radius 2 is 1.79 bits per heavy atom. The molecular formula is C16H9Cl3N2O3. The van der Waals surface area contributed by atoms with Crippen molar-refractivity contribution in [1.82, 2.24) is 10.1 Å². The van der Waals surface area contributed by atoms with Gasteiger partial charge in [-0.3, -0.25) is 0 Å². The summed E-state index contributed by atoms with van der Waals surface area (Å²) in [6, 6.07) is 11.7. The van der Waals surface area contributed by atoms with E-state index >= 15 is 0 Å². The number of aromatic nitrogens is 2. The van der Waals surface area contributed by atoms with Gasteiger partial charge >= 0.3 is 5.97 Å². The van der Waals surface area contributed by atoms with Crippen LogP contribution in [0, 0.1) is 0 Å². The summed E-state index contributed by atoms with van der Waals surface area (Å²) in [7, 11) is 0. The first-order valence-electron chi connectivity index (χ1n) is 6.74. The third-order valence-electron chi connectivity index (χ3n) is 3.04. The number of halogens is 3. The number of nitrogens with zero attached hydrogens (tertiary/aromatic N) is 2. The van der Waals surface area contributed by atoms with Crippen molar-refractivity contribution in [3.05, 3.63) is 69.0 Å². The van der Waals surface area contributed by atoms with Gasteiger partial charge in [-0.05, 0) is 24.3 Å². The van der Waals surface area contributed by atoms with Crippen LogP contribution < -0.4 is 0 Å². The van der Waals surface area contributed by atoms with Crippen LogP contribution >= 0.6 is 34.8 Å². The quantitative estimate of drug-likeness (QED) is 0.590. The summed E-state index contributed by atoms with van der Waals surface area (Å²) in [6.07, 6.45) is 0. The molecule has 2 aromatic carbocycles. The molecule has 24 heavy (non-hydrogen) atoms. The third-order valence-corrected chi connectivity index (χ3v) is 3.91. The lowest BCUT2D eigenvalue weighted by atomic mass is 10.2. The number of hydrogen-bond acceptors (Lipinski definition) is 5. The Labute approximate surface area is 152 Å². The summed E-state index contributed by atoms with van der Waals surface area (Å²) in [4.78, 5) is 16.2. The van der Waals surface area contributed by atoms with Crippen LogP contribution in [0.2, 0.25) is 15.1 Å². The van der Waals surface area contributed by atoms with E-state index in [2.05, 4.69) is 10.1 Å². The van der Waals surface area contributed by atoms with E-state index in [1.165, 1.54) is 0 Å². The molecule has 0 aliphatic heterocycles. The van der Waals surface area contributed by atoms with E-state index in [-0.39, 0.29) is 28.1 Å². The van der Waals surface area contributed by atoms with E-state index in [0.29, 0.717) is 16.4 Å². The highest BCUT2D eigenvalue weighted by atomic mass is 35.5. The number of carbonyl (C=O) groups is 1. The number of ether oxygens (including phenoxy) is 1. The van der Waals surface area contributed by atoms with Crippen LogP contribution in [0.25, 0.3) is 11.4 Å². The zero-order chi connectivity index (χ0) is 17.1. The molecule has 5 nitrogen and oxygen atoms in total. The number of hydrogen-bond donors (Lipinski definition) is 0. The summed E-state index contributed by atoms with van der Waals surface area (Å²) >= 11 is 17.8. The van der Waals surface area contributed by atoms with Crippen LogP contribution in [-0.4, -0.2) is 16.1 Å². The van der Waals surface area contributed by atoms with Gasteiger partial charge in [-0.25, -0.2) is 4.79 Å². The van der Waals surface area contributed by atoms with Crippen molar-refractivity contribution in [3.8, 4) is 11.4 Å². The highest BCUT2D eigenvalue weighted by molar-refractivity contribution is 6.39. The lowest BCUT2D eigenvalue weighted by molar-refractivity contribution is 0.0430. The van der Waals surface area contributed by atoms with Gasteiger partial charge in [0, 0.05) is 10.6 Å². The predicted octanol–water partition coefficient (Wildman–Crippen LogP) is 5.05. The van der Waals surface area contributed by atoms with Crippen molar-refractivity contribution in [2.45, 2.75) is 6.61 Å². The number of benzene rings is 2. The predicted molar refractivity (Wildman–Crippen MR) is 90.3 cm³/mol. The molecule has 0 unspecified atom stereocenters. The second-order valence-corrected chi connectivity index (χ2v) is 5.95. The minimum atomic E-state index is -0.673. The van der Waals surface area contributed by atoms with Crippen LogP contribution in [-0.2, 0) is 11.3 Å². The van der Waals surface area contributed by atoms with Crippen molar-refractivity contribution < 1.29 is 14.1 Å². The zero-order valence-corrected chi connectivity index (χ0v) is 14.3. The Morgan fingerprint density at radius 3 is 2.50 bits per heavy atom. The van der Waals surface area contributed by atoms with E-state index in [0.717, 1.165) is 0 Å².